The van der Waals surface area contributed by atoms with Crippen LogP contribution in [0.1, 0.15) is 20.8 Å². The van der Waals surface area contributed by atoms with Crippen LogP contribution in [0.3, 0.4) is 0 Å². The molecule has 11 heavy (non-hydrogen) atoms. The van der Waals surface area contributed by atoms with Gasteiger partial charge in [-0.05, 0) is 0 Å². The topological polar surface area (TPSA) is 15.6 Å². The minimum absolute atomic E-state index is 0.0237. The van der Waals surface area contributed by atoms with Crippen LogP contribution in [0.4, 0.5) is 0 Å². The van der Waals surface area contributed by atoms with E-state index in [0.29, 0.717) is 0 Å². The molecule has 0 aromatic heterocycles. The lowest BCUT2D eigenvalue weighted by Crippen LogP contribution is -2.33. The molecule has 0 rings (SSSR count). The van der Waals surface area contributed by atoms with Crippen molar-refractivity contribution in [2.24, 2.45) is 10.4 Å². The zero-order valence-corrected chi connectivity index (χ0v) is 7.97. The Morgan fingerprint density at radius 3 is 1.91 bits per heavy atom. The summed E-state index contributed by atoms with van der Waals surface area (Å²) in [6.07, 6.45) is 5.10. The molecule has 0 atom stereocenters. The maximum Gasteiger partial charge on any atom is 0.120 e. The molecular formula is C9H16N2. The van der Waals surface area contributed by atoms with Crippen molar-refractivity contribution in [2.75, 3.05) is 14.1 Å². The highest BCUT2D eigenvalue weighted by Gasteiger charge is 2.20. The van der Waals surface area contributed by atoms with Crippen LogP contribution >= 0.6 is 0 Å². The third-order valence-electron chi connectivity index (χ3n) is 1.26. The van der Waals surface area contributed by atoms with Crippen LogP contribution in [-0.2, 0) is 0 Å². The van der Waals surface area contributed by atoms with Crippen LogP contribution in [-0.4, -0.2) is 24.8 Å². The van der Waals surface area contributed by atoms with Crippen LogP contribution in [0.25, 0.3) is 0 Å². The molecule has 62 valence electrons. The Morgan fingerprint density at radius 2 is 1.82 bits per heavy atom. The molecular weight excluding hydrogens is 136 g/mol. The quantitative estimate of drug-likeness (QED) is 0.292. The summed E-state index contributed by atoms with van der Waals surface area (Å²) >= 11 is 0. The van der Waals surface area contributed by atoms with Gasteiger partial charge in [0.05, 0.1) is 0 Å². The maximum atomic E-state index is 5.10. The molecule has 0 unspecified atom stereocenters. The van der Waals surface area contributed by atoms with Crippen molar-refractivity contribution in [3.8, 4) is 12.5 Å². The van der Waals surface area contributed by atoms with E-state index in [1.807, 2.05) is 19.0 Å². The van der Waals surface area contributed by atoms with Crippen LogP contribution in [0, 0.1) is 17.9 Å². The minimum atomic E-state index is 0.0237. The summed E-state index contributed by atoms with van der Waals surface area (Å²) < 4.78 is 0. The number of rotatable bonds is 0. The zero-order chi connectivity index (χ0) is 9.07. The van der Waals surface area contributed by atoms with Crippen molar-refractivity contribution in [1.29, 1.82) is 0 Å². The van der Waals surface area contributed by atoms with Crippen molar-refractivity contribution in [3.63, 3.8) is 0 Å². The Labute approximate surface area is 69.3 Å². The summed E-state index contributed by atoms with van der Waals surface area (Å²) in [5.74, 6) is 0.931. The Kier molecular flexibility index (Phi) is 3.13. The van der Waals surface area contributed by atoms with E-state index in [1.54, 1.807) is 0 Å². The summed E-state index contributed by atoms with van der Waals surface area (Å²) in [6, 6.07) is 2.30. The van der Waals surface area contributed by atoms with Crippen molar-refractivity contribution < 1.29 is 0 Å². The number of hydrogen-bond donors (Lipinski definition) is 0. The van der Waals surface area contributed by atoms with E-state index in [0.717, 1.165) is 5.84 Å². The highest BCUT2D eigenvalue weighted by molar-refractivity contribution is 5.87. The lowest BCUT2D eigenvalue weighted by molar-refractivity contribution is 0.482. The van der Waals surface area contributed by atoms with Gasteiger partial charge in [-0.25, -0.2) is 0 Å². The van der Waals surface area contributed by atoms with Gasteiger partial charge in [0, 0.05) is 25.6 Å². The lowest BCUT2D eigenvalue weighted by Gasteiger charge is -2.26. The van der Waals surface area contributed by atoms with Gasteiger partial charge in [0.15, 0.2) is 0 Å². The third-order valence-corrected chi connectivity index (χ3v) is 1.26. The zero-order valence-electron chi connectivity index (χ0n) is 7.97. The highest BCUT2D eigenvalue weighted by Crippen LogP contribution is 2.16. The number of amidine groups is 1. The first-order valence-corrected chi connectivity index (χ1v) is 3.60. The van der Waals surface area contributed by atoms with E-state index < -0.39 is 0 Å². The molecule has 0 heterocycles. The van der Waals surface area contributed by atoms with Gasteiger partial charge in [-0.1, -0.05) is 27.2 Å². The average Bonchev–Trinajstić information content (AvgIpc) is 1.79. The minimum Gasteiger partial charge on any atom is -0.365 e. The molecule has 0 radical (unpaired) electrons. The van der Waals surface area contributed by atoms with E-state index in [4.69, 9.17) is 6.42 Å². The summed E-state index contributed by atoms with van der Waals surface area (Å²) in [7, 11) is 3.89. The lowest BCUT2D eigenvalue weighted by atomic mass is 9.94. The smallest absolute Gasteiger partial charge is 0.120 e. The third kappa shape index (κ3) is 3.08. The number of hydrogen-bond acceptors (Lipinski definition) is 1. The first-order chi connectivity index (χ1) is 4.89. The SMILES string of the molecule is C#C/N=C(\N(C)C)C(C)(C)C. The summed E-state index contributed by atoms with van der Waals surface area (Å²) in [4.78, 5) is 5.91. The molecule has 0 N–H and O–H groups in total. The molecule has 0 saturated heterocycles. The Hall–Kier alpha value is -0.970. The van der Waals surface area contributed by atoms with Crippen molar-refractivity contribution in [1.82, 2.24) is 4.90 Å². The van der Waals surface area contributed by atoms with E-state index in [-0.39, 0.29) is 5.41 Å². The summed E-state index contributed by atoms with van der Waals surface area (Å²) in [5, 5.41) is 0. The molecule has 0 spiro atoms. The van der Waals surface area contributed by atoms with Gasteiger partial charge in [0.2, 0.25) is 0 Å². The van der Waals surface area contributed by atoms with Gasteiger partial charge in [-0.15, -0.1) is 0 Å². The van der Waals surface area contributed by atoms with Gasteiger partial charge in [-0.2, -0.15) is 4.99 Å². The van der Waals surface area contributed by atoms with E-state index in [2.05, 4.69) is 31.8 Å². The second-order valence-corrected chi connectivity index (χ2v) is 3.71. The molecule has 2 nitrogen and oxygen atoms in total. The molecule has 0 fully saturated rings. The molecule has 0 aromatic rings. The van der Waals surface area contributed by atoms with Crippen molar-refractivity contribution >= 4 is 5.84 Å². The number of aliphatic imine (C=N–C) groups is 1. The molecule has 0 bridgehead atoms. The largest absolute Gasteiger partial charge is 0.365 e. The van der Waals surface area contributed by atoms with Gasteiger partial charge >= 0.3 is 0 Å². The fraction of sp³-hybridized carbons (Fsp3) is 0.667. The van der Waals surface area contributed by atoms with E-state index in [1.165, 1.54) is 0 Å². The van der Waals surface area contributed by atoms with Crippen LogP contribution in [0.5, 0.6) is 0 Å². The number of nitrogens with zero attached hydrogens (tertiary/aromatic N) is 2. The Balaban J connectivity index is 4.67. The fourth-order valence-corrected chi connectivity index (χ4v) is 1.000. The molecule has 0 saturated carbocycles. The first kappa shape index (κ1) is 10.0. The van der Waals surface area contributed by atoms with E-state index in [9.17, 15) is 0 Å². The van der Waals surface area contributed by atoms with Gasteiger partial charge < -0.3 is 4.90 Å². The average molecular weight is 152 g/mol. The maximum absolute atomic E-state index is 5.10. The second-order valence-electron chi connectivity index (χ2n) is 3.71. The highest BCUT2D eigenvalue weighted by atomic mass is 15.1. The van der Waals surface area contributed by atoms with E-state index >= 15 is 0 Å². The van der Waals surface area contributed by atoms with Crippen molar-refractivity contribution in [3.05, 3.63) is 0 Å². The van der Waals surface area contributed by atoms with Crippen LogP contribution < -0.4 is 0 Å². The summed E-state index contributed by atoms with van der Waals surface area (Å²) in [5.41, 5.74) is 0.0237. The molecule has 0 aliphatic carbocycles. The predicted octanol–water partition coefficient (Wildman–Crippen LogP) is 1.58. The second kappa shape index (κ2) is 3.43. The molecule has 0 aromatic carbocycles. The van der Waals surface area contributed by atoms with Gasteiger partial charge in [0.1, 0.15) is 5.84 Å². The first-order valence-electron chi connectivity index (χ1n) is 3.60. The van der Waals surface area contributed by atoms with Crippen LogP contribution in [0.2, 0.25) is 0 Å². The predicted molar refractivity (Wildman–Crippen MR) is 49.4 cm³/mol. The number of terminal acetylenes is 1. The monoisotopic (exact) mass is 152 g/mol. The Morgan fingerprint density at radius 1 is 1.36 bits per heavy atom. The Bertz CT molecular complexity index is 189. The molecule has 0 amide bonds. The van der Waals surface area contributed by atoms with Crippen LogP contribution in [0.15, 0.2) is 4.99 Å². The fourth-order valence-electron chi connectivity index (χ4n) is 1.000. The van der Waals surface area contributed by atoms with Gasteiger partial charge in [0.25, 0.3) is 0 Å². The molecule has 2 heteroatoms. The standard InChI is InChI=1S/C9H16N2/c1-7-10-8(11(5)6)9(2,3)4/h1H,2-6H3/b10-8-. The van der Waals surface area contributed by atoms with Crippen molar-refractivity contribution in [2.45, 2.75) is 20.8 Å². The summed E-state index contributed by atoms with van der Waals surface area (Å²) in [6.45, 7) is 6.26. The van der Waals surface area contributed by atoms with Gasteiger partial charge in [-0.3, -0.25) is 0 Å². The normalized spacial score (nSPS) is 12.5. The molecule has 0 aliphatic heterocycles. The molecule has 0 aliphatic rings.